The molecule has 1 aromatic heterocycles. The van der Waals surface area contributed by atoms with Crippen LogP contribution in [0.4, 0.5) is 5.69 Å². The summed E-state index contributed by atoms with van der Waals surface area (Å²) in [6.07, 6.45) is 3.88. The van der Waals surface area contributed by atoms with Crippen LogP contribution in [0.3, 0.4) is 0 Å². The summed E-state index contributed by atoms with van der Waals surface area (Å²) in [6, 6.07) is 9.46. The summed E-state index contributed by atoms with van der Waals surface area (Å²) < 4.78 is 1.62. The largest absolute Gasteiger partial charge is 0.397 e. The van der Waals surface area contributed by atoms with E-state index in [4.69, 9.17) is 5.73 Å². The van der Waals surface area contributed by atoms with Gasteiger partial charge in [0.2, 0.25) is 0 Å². The first-order valence-electron chi connectivity index (χ1n) is 5.95. The van der Waals surface area contributed by atoms with Crippen molar-refractivity contribution in [2.24, 2.45) is 0 Å². The molecule has 3 N–H and O–H groups in total. The highest BCUT2D eigenvalue weighted by molar-refractivity contribution is 5.92. The molecule has 1 heterocycles. The van der Waals surface area contributed by atoms with E-state index in [1.165, 1.54) is 0 Å². The third-order valence-electron chi connectivity index (χ3n) is 2.92. The van der Waals surface area contributed by atoms with Crippen molar-refractivity contribution in [3.63, 3.8) is 0 Å². The van der Waals surface area contributed by atoms with Crippen LogP contribution in [-0.4, -0.2) is 21.7 Å². The normalized spacial score (nSPS) is 14.4. The van der Waals surface area contributed by atoms with Crippen LogP contribution in [0, 0.1) is 0 Å². The van der Waals surface area contributed by atoms with E-state index in [-0.39, 0.29) is 5.91 Å². The molecular formula is C13H14N4O. The second kappa shape index (κ2) is 4.18. The molecule has 0 radical (unpaired) electrons. The minimum atomic E-state index is -0.120. The van der Waals surface area contributed by atoms with Crippen LogP contribution in [0.2, 0.25) is 0 Å². The van der Waals surface area contributed by atoms with Gasteiger partial charge in [-0.3, -0.25) is 4.79 Å². The lowest BCUT2D eigenvalue weighted by Gasteiger charge is -2.04. The van der Waals surface area contributed by atoms with Crippen LogP contribution in [0.5, 0.6) is 0 Å². The van der Waals surface area contributed by atoms with E-state index in [2.05, 4.69) is 10.4 Å². The predicted molar refractivity (Wildman–Crippen MR) is 68.5 cm³/mol. The number of carbonyl (C=O) groups is 1. The molecule has 1 fully saturated rings. The minimum absolute atomic E-state index is 0.120. The molecule has 1 amide bonds. The smallest absolute Gasteiger partial charge is 0.272 e. The van der Waals surface area contributed by atoms with Crippen LogP contribution >= 0.6 is 0 Å². The fourth-order valence-corrected chi connectivity index (χ4v) is 1.76. The zero-order valence-corrected chi connectivity index (χ0v) is 9.84. The Labute approximate surface area is 105 Å². The van der Waals surface area contributed by atoms with Gasteiger partial charge in [0, 0.05) is 12.2 Å². The van der Waals surface area contributed by atoms with Gasteiger partial charge in [-0.25, -0.2) is 4.68 Å². The Morgan fingerprint density at radius 1 is 1.33 bits per heavy atom. The maximum atomic E-state index is 11.8. The first kappa shape index (κ1) is 10.8. The van der Waals surface area contributed by atoms with Crippen molar-refractivity contribution in [3.05, 3.63) is 42.2 Å². The van der Waals surface area contributed by atoms with E-state index >= 15 is 0 Å². The average Bonchev–Trinajstić information content (AvgIpc) is 3.04. The summed E-state index contributed by atoms with van der Waals surface area (Å²) in [6.45, 7) is 0. The highest BCUT2D eigenvalue weighted by atomic mass is 16.2. The number of rotatable bonds is 3. The number of hydrogen-bond acceptors (Lipinski definition) is 3. The molecule has 0 spiro atoms. The molecule has 3 rings (SSSR count). The Bertz CT molecular complexity index is 586. The molecule has 5 heteroatoms. The average molecular weight is 242 g/mol. The maximum absolute atomic E-state index is 11.8. The molecule has 2 aromatic rings. The Morgan fingerprint density at radius 2 is 2.11 bits per heavy atom. The summed E-state index contributed by atoms with van der Waals surface area (Å²) in [5, 5.41) is 7.15. The van der Waals surface area contributed by atoms with Crippen molar-refractivity contribution >= 4 is 11.6 Å². The van der Waals surface area contributed by atoms with Crippen molar-refractivity contribution in [2.45, 2.75) is 18.9 Å². The molecule has 1 aliphatic carbocycles. The Balaban J connectivity index is 1.84. The molecule has 0 aliphatic heterocycles. The first-order valence-corrected chi connectivity index (χ1v) is 5.95. The molecule has 18 heavy (non-hydrogen) atoms. The quantitative estimate of drug-likeness (QED) is 0.798. The van der Waals surface area contributed by atoms with Gasteiger partial charge in [-0.2, -0.15) is 5.10 Å². The number of hydrogen-bond donors (Lipinski definition) is 2. The SMILES string of the molecule is Nc1ccccc1-n1ccc(C(=O)NC2CC2)n1. The van der Waals surface area contributed by atoms with Gasteiger partial charge in [0.15, 0.2) is 5.69 Å². The van der Waals surface area contributed by atoms with Gasteiger partial charge in [-0.15, -0.1) is 0 Å². The number of para-hydroxylation sites is 2. The van der Waals surface area contributed by atoms with E-state index in [0.29, 0.717) is 17.4 Å². The van der Waals surface area contributed by atoms with Gasteiger partial charge >= 0.3 is 0 Å². The number of benzene rings is 1. The molecule has 1 saturated carbocycles. The van der Waals surface area contributed by atoms with E-state index in [0.717, 1.165) is 18.5 Å². The summed E-state index contributed by atoms with van der Waals surface area (Å²) in [4.78, 5) is 11.8. The van der Waals surface area contributed by atoms with Crippen molar-refractivity contribution < 1.29 is 4.79 Å². The van der Waals surface area contributed by atoms with Crippen LogP contribution in [0.15, 0.2) is 36.5 Å². The molecule has 0 unspecified atom stereocenters. The van der Waals surface area contributed by atoms with Crippen molar-refractivity contribution in [1.82, 2.24) is 15.1 Å². The number of aromatic nitrogens is 2. The van der Waals surface area contributed by atoms with Gasteiger partial charge < -0.3 is 11.1 Å². The fraction of sp³-hybridized carbons (Fsp3) is 0.231. The Morgan fingerprint density at radius 3 is 2.83 bits per heavy atom. The predicted octanol–water partition coefficient (Wildman–Crippen LogP) is 1.35. The second-order valence-electron chi connectivity index (χ2n) is 4.45. The molecular weight excluding hydrogens is 228 g/mol. The van der Waals surface area contributed by atoms with Crippen LogP contribution < -0.4 is 11.1 Å². The number of nitrogens with zero attached hydrogens (tertiary/aromatic N) is 2. The van der Waals surface area contributed by atoms with Crippen LogP contribution in [-0.2, 0) is 0 Å². The van der Waals surface area contributed by atoms with Crippen molar-refractivity contribution in [3.8, 4) is 5.69 Å². The van der Waals surface area contributed by atoms with Gasteiger partial charge in [0.05, 0.1) is 11.4 Å². The summed E-state index contributed by atoms with van der Waals surface area (Å²) in [5.74, 6) is -0.120. The van der Waals surface area contributed by atoms with Gasteiger partial charge in [0.25, 0.3) is 5.91 Å². The monoisotopic (exact) mass is 242 g/mol. The first-order chi connectivity index (χ1) is 8.74. The standard InChI is InChI=1S/C13H14N4O/c14-10-3-1-2-4-12(10)17-8-7-11(16-17)13(18)15-9-5-6-9/h1-4,7-9H,5-6,14H2,(H,15,18). The second-order valence-corrected chi connectivity index (χ2v) is 4.45. The topological polar surface area (TPSA) is 72.9 Å². The number of nitrogens with one attached hydrogen (secondary N) is 1. The fourth-order valence-electron chi connectivity index (χ4n) is 1.76. The van der Waals surface area contributed by atoms with Crippen molar-refractivity contribution in [2.75, 3.05) is 5.73 Å². The maximum Gasteiger partial charge on any atom is 0.272 e. The van der Waals surface area contributed by atoms with Gasteiger partial charge in [0.1, 0.15) is 0 Å². The molecule has 0 saturated heterocycles. The zero-order chi connectivity index (χ0) is 12.5. The number of carbonyl (C=O) groups excluding carboxylic acids is 1. The molecule has 5 nitrogen and oxygen atoms in total. The lowest BCUT2D eigenvalue weighted by Crippen LogP contribution is -2.25. The number of nitrogen functional groups attached to an aromatic ring is 1. The summed E-state index contributed by atoms with van der Waals surface area (Å²) >= 11 is 0. The third kappa shape index (κ3) is 2.07. The number of amides is 1. The lowest BCUT2D eigenvalue weighted by atomic mass is 10.3. The molecule has 1 aliphatic rings. The van der Waals surface area contributed by atoms with Crippen LogP contribution in [0.1, 0.15) is 23.3 Å². The van der Waals surface area contributed by atoms with Crippen molar-refractivity contribution in [1.29, 1.82) is 0 Å². The lowest BCUT2D eigenvalue weighted by molar-refractivity contribution is 0.0945. The highest BCUT2D eigenvalue weighted by Crippen LogP contribution is 2.19. The summed E-state index contributed by atoms with van der Waals surface area (Å²) in [7, 11) is 0. The highest BCUT2D eigenvalue weighted by Gasteiger charge is 2.24. The van der Waals surface area contributed by atoms with E-state index in [9.17, 15) is 4.79 Å². The molecule has 92 valence electrons. The molecule has 0 bridgehead atoms. The van der Waals surface area contributed by atoms with E-state index in [1.807, 2.05) is 18.2 Å². The van der Waals surface area contributed by atoms with Crippen LogP contribution in [0.25, 0.3) is 5.69 Å². The zero-order valence-electron chi connectivity index (χ0n) is 9.84. The Kier molecular flexibility index (Phi) is 2.51. The Hall–Kier alpha value is -2.30. The van der Waals surface area contributed by atoms with Gasteiger partial charge in [-0.05, 0) is 31.0 Å². The number of anilines is 1. The molecule has 1 aromatic carbocycles. The summed E-state index contributed by atoms with van der Waals surface area (Å²) in [5.41, 5.74) is 7.70. The van der Waals surface area contributed by atoms with E-state index < -0.39 is 0 Å². The minimum Gasteiger partial charge on any atom is -0.397 e. The third-order valence-corrected chi connectivity index (χ3v) is 2.92. The molecule has 0 atom stereocenters. The van der Waals surface area contributed by atoms with Gasteiger partial charge in [-0.1, -0.05) is 12.1 Å². The number of nitrogens with two attached hydrogens (primary N) is 1. The van der Waals surface area contributed by atoms with E-state index in [1.54, 1.807) is 23.0 Å².